The summed E-state index contributed by atoms with van der Waals surface area (Å²) in [5.74, 6) is -0.742. The Hall–Kier alpha value is -2.13. The van der Waals surface area contributed by atoms with Gasteiger partial charge in [-0.3, -0.25) is 0 Å². The molecule has 0 unspecified atom stereocenters. The molecule has 0 aliphatic carbocycles. The van der Waals surface area contributed by atoms with E-state index in [2.05, 4.69) is 21.2 Å². The molecule has 108 valence electrons. The van der Waals surface area contributed by atoms with Crippen LogP contribution < -0.4 is 10.1 Å². The number of anilines is 1. The Labute approximate surface area is 129 Å². The highest BCUT2D eigenvalue weighted by Gasteiger charge is 2.08. The lowest BCUT2D eigenvalue weighted by Crippen LogP contribution is -2.03. The Morgan fingerprint density at radius 3 is 2.76 bits per heavy atom. The fourth-order valence-electron chi connectivity index (χ4n) is 1.72. The molecule has 2 aromatic carbocycles. The summed E-state index contributed by atoms with van der Waals surface area (Å²) in [7, 11) is 0. The molecule has 0 radical (unpaired) electrons. The van der Waals surface area contributed by atoms with Gasteiger partial charge in [0.25, 0.3) is 0 Å². The van der Waals surface area contributed by atoms with E-state index in [0.717, 1.165) is 11.6 Å². The predicted molar refractivity (Wildman–Crippen MR) is 78.9 cm³/mol. The van der Waals surface area contributed by atoms with E-state index in [1.165, 1.54) is 6.07 Å². The molecular weight excluding hydrogens is 342 g/mol. The molecule has 2 aromatic rings. The second-order valence-electron chi connectivity index (χ2n) is 4.19. The highest BCUT2D eigenvalue weighted by Crippen LogP contribution is 2.24. The van der Waals surface area contributed by atoms with Gasteiger partial charge in [-0.05, 0) is 39.7 Å². The molecular formula is C15H11BrF2N2O. The molecule has 3 nitrogen and oxygen atoms in total. The highest BCUT2D eigenvalue weighted by atomic mass is 79.9. The number of rotatable bonds is 5. The largest absolute Gasteiger partial charge is 0.479 e. The van der Waals surface area contributed by atoms with E-state index >= 15 is 0 Å². The molecule has 0 saturated heterocycles. The van der Waals surface area contributed by atoms with Crippen LogP contribution in [0.1, 0.15) is 5.56 Å². The Morgan fingerprint density at radius 2 is 2.00 bits per heavy atom. The summed E-state index contributed by atoms with van der Waals surface area (Å²) in [6, 6.07) is 11.1. The van der Waals surface area contributed by atoms with Crippen molar-refractivity contribution in [2.24, 2.45) is 0 Å². The van der Waals surface area contributed by atoms with Gasteiger partial charge in [-0.1, -0.05) is 12.1 Å². The van der Waals surface area contributed by atoms with Gasteiger partial charge in [0.15, 0.2) is 6.61 Å². The van der Waals surface area contributed by atoms with Gasteiger partial charge in [-0.25, -0.2) is 8.78 Å². The average Bonchev–Trinajstić information content (AvgIpc) is 2.48. The lowest BCUT2D eigenvalue weighted by atomic mass is 10.2. The molecule has 0 heterocycles. The third-order valence-electron chi connectivity index (χ3n) is 2.69. The molecule has 0 fully saturated rings. The van der Waals surface area contributed by atoms with Crippen molar-refractivity contribution in [3.05, 3.63) is 58.1 Å². The van der Waals surface area contributed by atoms with Crippen molar-refractivity contribution in [1.82, 2.24) is 0 Å². The molecule has 0 bridgehead atoms. The molecule has 0 aromatic heterocycles. The van der Waals surface area contributed by atoms with Crippen LogP contribution in [-0.4, -0.2) is 6.61 Å². The molecule has 0 saturated carbocycles. The minimum absolute atomic E-state index is 0.0313. The van der Waals surface area contributed by atoms with E-state index < -0.39 is 11.6 Å². The zero-order chi connectivity index (χ0) is 15.2. The average molecular weight is 353 g/mol. The van der Waals surface area contributed by atoms with E-state index in [4.69, 9.17) is 10.00 Å². The number of ether oxygens (including phenoxy) is 1. The Bertz CT molecular complexity index is 686. The first-order valence-corrected chi connectivity index (χ1v) is 6.86. The fourth-order valence-corrected chi connectivity index (χ4v) is 2.06. The van der Waals surface area contributed by atoms with Gasteiger partial charge < -0.3 is 10.1 Å². The summed E-state index contributed by atoms with van der Waals surface area (Å²) in [4.78, 5) is 0. The topological polar surface area (TPSA) is 45.0 Å². The van der Waals surface area contributed by atoms with Crippen LogP contribution in [0, 0.1) is 23.0 Å². The zero-order valence-corrected chi connectivity index (χ0v) is 12.5. The molecule has 0 amide bonds. The number of nitrogens with zero attached hydrogens (tertiary/aromatic N) is 1. The second kappa shape index (κ2) is 7.04. The van der Waals surface area contributed by atoms with E-state index in [1.54, 1.807) is 18.2 Å². The summed E-state index contributed by atoms with van der Waals surface area (Å²) in [5.41, 5.74) is 1.05. The van der Waals surface area contributed by atoms with Crippen LogP contribution in [0.25, 0.3) is 0 Å². The number of hydrogen-bond donors (Lipinski definition) is 1. The Morgan fingerprint density at radius 1 is 1.19 bits per heavy atom. The normalized spacial score (nSPS) is 10.0. The quantitative estimate of drug-likeness (QED) is 0.818. The molecule has 0 atom stereocenters. The summed E-state index contributed by atoms with van der Waals surface area (Å²) in [6.07, 6.45) is 0. The van der Waals surface area contributed by atoms with Crippen molar-refractivity contribution < 1.29 is 13.5 Å². The maximum atomic E-state index is 13.6. The van der Waals surface area contributed by atoms with Crippen molar-refractivity contribution in [2.45, 2.75) is 6.54 Å². The Kier molecular flexibility index (Phi) is 5.12. The van der Waals surface area contributed by atoms with E-state index in [0.29, 0.717) is 12.3 Å². The first-order valence-electron chi connectivity index (χ1n) is 6.07. The minimum Gasteiger partial charge on any atom is -0.479 e. The summed E-state index contributed by atoms with van der Waals surface area (Å²) >= 11 is 3.01. The van der Waals surface area contributed by atoms with Crippen LogP contribution in [-0.2, 0) is 6.54 Å². The van der Waals surface area contributed by atoms with Crippen molar-refractivity contribution in [3.63, 3.8) is 0 Å². The standard InChI is InChI=1S/C15H11BrF2N2O/c16-12-7-15(14(18)8-13(12)17)20-9-10-2-1-3-11(6-10)21-5-4-19/h1-3,6-8,20H,5,9H2. The smallest absolute Gasteiger partial charge is 0.174 e. The monoisotopic (exact) mass is 352 g/mol. The molecule has 1 N–H and O–H groups in total. The van der Waals surface area contributed by atoms with Crippen molar-refractivity contribution in [2.75, 3.05) is 11.9 Å². The number of nitriles is 1. The van der Waals surface area contributed by atoms with Crippen LogP contribution >= 0.6 is 15.9 Å². The van der Waals surface area contributed by atoms with Crippen LogP contribution in [0.5, 0.6) is 5.75 Å². The maximum Gasteiger partial charge on any atom is 0.174 e. The van der Waals surface area contributed by atoms with Crippen LogP contribution in [0.4, 0.5) is 14.5 Å². The van der Waals surface area contributed by atoms with Gasteiger partial charge in [0.1, 0.15) is 23.5 Å². The minimum atomic E-state index is -0.660. The van der Waals surface area contributed by atoms with Gasteiger partial charge in [0, 0.05) is 12.6 Å². The Balaban J connectivity index is 2.06. The van der Waals surface area contributed by atoms with E-state index in [9.17, 15) is 8.78 Å². The molecule has 6 heteroatoms. The van der Waals surface area contributed by atoms with Crippen molar-refractivity contribution >= 4 is 21.6 Å². The van der Waals surface area contributed by atoms with Crippen molar-refractivity contribution in [1.29, 1.82) is 5.26 Å². The highest BCUT2D eigenvalue weighted by molar-refractivity contribution is 9.10. The summed E-state index contributed by atoms with van der Waals surface area (Å²) < 4.78 is 32.1. The molecule has 0 spiro atoms. The fraction of sp³-hybridized carbons (Fsp3) is 0.133. The van der Waals surface area contributed by atoms with E-state index in [1.807, 2.05) is 12.1 Å². The second-order valence-corrected chi connectivity index (χ2v) is 5.05. The summed E-state index contributed by atoms with van der Waals surface area (Å²) in [6.45, 7) is 0.315. The maximum absolute atomic E-state index is 13.6. The zero-order valence-electron chi connectivity index (χ0n) is 10.9. The van der Waals surface area contributed by atoms with Gasteiger partial charge in [-0.2, -0.15) is 5.26 Å². The lowest BCUT2D eigenvalue weighted by Gasteiger charge is -2.10. The van der Waals surface area contributed by atoms with Crippen molar-refractivity contribution in [3.8, 4) is 11.8 Å². The van der Waals surface area contributed by atoms with Gasteiger partial charge in [0.2, 0.25) is 0 Å². The molecule has 21 heavy (non-hydrogen) atoms. The lowest BCUT2D eigenvalue weighted by molar-refractivity contribution is 0.368. The van der Waals surface area contributed by atoms with Crippen LogP contribution in [0.3, 0.4) is 0 Å². The number of halogens is 3. The molecule has 0 aliphatic heterocycles. The third kappa shape index (κ3) is 4.17. The van der Waals surface area contributed by atoms with Crippen LogP contribution in [0.2, 0.25) is 0 Å². The number of benzene rings is 2. The number of hydrogen-bond acceptors (Lipinski definition) is 3. The first-order chi connectivity index (χ1) is 10.1. The van der Waals surface area contributed by atoms with E-state index in [-0.39, 0.29) is 16.8 Å². The van der Waals surface area contributed by atoms with Gasteiger partial charge in [-0.15, -0.1) is 0 Å². The van der Waals surface area contributed by atoms with Crippen LogP contribution in [0.15, 0.2) is 40.9 Å². The van der Waals surface area contributed by atoms with Gasteiger partial charge >= 0.3 is 0 Å². The molecule has 0 aliphatic rings. The molecule has 2 rings (SSSR count). The predicted octanol–water partition coefficient (Wildman–Crippen LogP) is 4.24. The van der Waals surface area contributed by atoms with Gasteiger partial charge in [0.05, 0.1) is 10.2 Å². The first kappa shape index (κ1) is 15.3. The third-order valence-corrected chi connectivity index (χ3v) is 3.30. The summed E-state index contributed by atoms with van der Waals surface area (Å²) in [5, 5.41) is 11.4. The SMILES string of the molecule is N#CCOc1cccc(CNc2cc(Br)c(F)cc2F)c1. The number of nitrogens with one attached hydrogen (secondary N) is 1.